The van der Waals surface area contributed by atoms with E-state index in [1.54, 1.807) is 0 Å². The summed E-state index contributed by atoms with van der Waals surface area (Å²) in [5, 5.41) is 3.06. The van der Waals surface area contributed by atoms with E-state index in [0.717, 1.165) is 19.4 Å². The summed E-state index contributed by atoms with van der Waals surface area (Å²) in [4.78, 5) is 11.6. The molecule has 0 bridgehead atoms. The van der Waals surface area contributed by atoms with E-state index < -0.39 is 0 Å². The van der Waals surface area contributed by atoms with Gasteiger partial charge in [-0.15, -0.1) is 0 Å². The molecule has 0 aliphatic heterocycles. The lowest BCUT2D eigenvalue weighted by molar-refractivity contribution is -0.121. The molecule has 27 heavy (non-hydrogen) atoms. The summed E-state index contributed by atoms with van der Waals surface area (Å²) in [6.07, 6.45) is 28.9. The molecular formula is C25H49NO. The van der Waals surface area contributed by atoms with Gasteiger partial charge in [-0.25, -0.2) is 0 Å². The van der Waals surface area contributed by atoms with Gasteiger partial charge in [-0.2, -0.15) is 0 Å². The van der Waals surface area contributed by atoms with Gasteiger partial charge in [0, 0.05) is 13.0 Å². The van der Waals surface area contributed by atoms with Gasteiger partial charge in [0.1, 0.15) is 0 Å². The molecule has 1 N–H and O–H groups in total. The molecule has 0 fully saturated rings. The van der Waals surface area contributed by atoms with Gasteiger partial charge in [0.15, 0.2) is 0 Å². The smallest absolute Gasteiger partial charge is 0.219 e. The number of allylic oxidation sites excluding steroid dienone is 2. The first-order valence-corrected chi connectivity index (χ1v) is 12.2. The average Bonchev–Trinajstić information content (AvgIpc) is 2.67. The largest absolute Gasteiger partial charge is 0.356 e. The highest BCUT2D eigenvalue weighted by atomic mass is 16.1. The fourth-order valence-electron chi connectivity index (χ4n) is 3.40. The molecule has 2 nitrogen and oxygen atoms in total. The van der Waals surface area contributed by atoms with Crippen LogP contribution in [0.1, 0.15) is 136 Å². The number of carbonyl (C=O) groups excluding carboxylic acids is 1. The van der Waals surface area contributed by atoms with Crippen molar-refractivity contribution in [3.63, 3.8) is 0 Å². The Kier molecular flexibility index (Phi) is 22.6. The molecule has 0 aliphatic rings. The molecule has 160 valence electrons. The number of hydrogen-bond acceptors (Lipinski definition) is 1. The molecule has 0 aliphatic carbocycles. The molecule has 0 aromatic heterocycles. The summed E-state index contributed by atoms with van der Waals surface area (Å²) in [5.41, 5.74) is 0. The zero-order valence-electron chi connectivity index (χ0n) is 18.7. The maximum absolute atomic E-state index is 11.6. The molecule has 0 spiro atoms. The quantitative estimate of drug-likeness (QED) is 0.158. The zero-order chi connectivity index (χ0) is 19.8. The monoisotopic (exact) mass is 379 g/mol. The van der Waals surface area contributed by atoms with Crippen LogP contribution in [0.25, 0.3) is 0 Å². The van der Waals surface area contributed by atoms with Crippen molar-refractivity contribution < 1.29 is 4.79 Å². The third-order valence-electron chi connectivity index (χ3n) is 5.27. The summed E-state index contributed by atoms with van der Waals surface area (Å²) in [6, 6.07) is 0. The first kappa shape index (κ1) is 26.2. The molecule has 0 aromatic carbocycles. The van der Waals surface area contributed by atoms with Gasteiger partial charge in [0.2, 0.25) is 5.91 Å². The molecule has 0 saturated heterocycles. The van der Waals surface area contributed by atoms with E-state index in [2.05, 4.69) is 31.3 Å². The predicted octanol–water partition coefficient (Wildman–Crippen LogP) is 8.11. The zero-order valence-corrected chi connectivity index (χ0v) is 18.7. The van der Waals surface area contributed by atoms with Gasteiger partial charge in [0.05, 0.1) is 0 Å². The minimum atomic E-state index is 0.249. The van der Waals surface area contributed by atoms with E-state index in [1.165, 1.54) is 103 Å². The number of amides is 1. The number of hydrogen-bond donors (Lipinski definition) is 1. The summed E-state index contributed by atoms with van der Waals surface area (Å²) in [5.74, 6) is 0.249. The van der Waals surface area contributed by atoms with Crippen LogP contribution in [0.4, 0.5) is 0 Å². The molecule has 0 atom stereocenters. The second-order valence-electron chi connectivity index (χ2n) is 8.10. The van der Waals surface area contributed by atoms with Crippen molar-refractivity contribution >= 4 is 5.91 Å². The average molecular weight is 380 g/mol. The lowest BCUT2D eigenvalue weighted by Crippen LogP contribution is -2.23. The Bertz CT molecular complexity index is 324. The summed E-state index contributed by atoms with van der Waals surface area (Å²) < 4.78 is 0. The number of unbranched alkanes of at least 4 members (excludes halogenated alkanes) is 15. The SMILES string of the molecule is CCCCCCCC/C=C\CCCCCCCCNC(=O)CCCCCC. The van der Waals surface area contributed by atoms with Crippen molar-refractivity contribution in [2.24, 2.45) is 0 Å². The topological polar surface area (TPSA) is 29.1 Å². The lowest BCUT2D eigenvalue weighted by atomic mass is 10.1. The Morgan fingerprint density at radius 1 is 0.593 bits per heavy atom. The van der Waals surface area contributed by atoms with E-state index in [9.17, 15) is 4.79 Å². The summed E-state index contributed by atoms with van der Waals surface area (Å²) in [6.45, 7) is 5.35. The van der Waals surface area contributed by atoms with Gasteiger partial charge >= 0.3 is 0 Å². The molecule has 0 radical (unpaired) electrons. The van der Waals surface area contributed by atoms with E-state index in [-0.39, 0.29) is 5.91 Å². The van der Waals surface area contributed by atoms with E-state index >= 15 is 0 Å². The summed E-state index contributed by atoms with van der Waals surface area (Å²) >= 11 is 0. The molecule has 0 heterocycles. The molecule has 0 saturated carbocycles. The minimum absolute atomic E-state index is 0.249. The fraction of sp³-hybridized carbons (Fsp3) is 0.880. The van der Waals surface area contributed by atoms with E-state index in [1.807, 2.05) is 0 Å². The van der Waals surface area contributed by atoms with Crippen LogP contribution in [0.15, 0.2) is 12.2 Å². The highest BCUT2D eigenvalue weighted by Gasteiger charge is 1.99. The van der Waals surface area contributed by atoms with Crippen molar-refractivity contribution in [1.29, 1.82) is 0 Å². The maximum atomic E-state index is 11.6. The van der Waals surface area contributed by atoms with Gasteiger partial charge in [-0.3, -0.25) is 4.79 Å². The summed E-state index contributed by atoms with van der Waals surface area (Å²) in [7, 11) is 0. The number of carbonyl (C=O) groups is 1. The molecule has 0 unspecified atom stereocenters. The highest BCUT2D eigenvalue weighted by molar-refractivity contribution is 5.75. The predicted molar refractivity (Wildman–Crippen MR) is 121 cm³/mol. The van der Waals surface area contributed by atoms with Crippen molar-refractivity contribution in [1.82, 2.24) is 5.32 Å². The fourth-order valence-corrected chi connectivity index (χ4v) is 3.40. The Hall–Kier alpha value is -0.790. The van der Waals surface area contributed by atoms with Crippen LogP contribution in [0.5, 0.6) is 0 Å². The first-order chi connectivity index (χ1) is 13.3. The molecule has 2 heteroatoms. The molecular weight excluding hydrogens is 330 g/mol. The number of rotatable bonds is 21. The Morgan fingerprint density at radius 2 is 1.04 bits per heavy atom. The lowest BCUT2D eigenvalue weighted by Gasteiger charge is -2.05. The van der Waals surface area contributed by atoms with Crippen LogP contribution < -0.4 is 5.32 Å². The van der Waals surface area contributed by atoms with Crippen molar-refractivity contribution in [3.8, 4) is 0 Å². The van der Waals surface area contributed by atoms with Gasteiger partial charge in [-0.05, 0) is 38.5 Å². The Morgan fingerprint density at radius 3 is 1.59 bits per heavy atom. The van der Waals surface area contributed by atoms with E-state index in [4.69, 9.17) is 0 Å². The standard InChI is InChI=1S/C25H49NO/c1-3-5-7-9-10-11-12-13-14-15-16-17-18-19-20-22-24-26-25(27)23-21-8-6-4-2/h13-14H,3-12,15-24H2,1-2H3,(H,26,27)/b14-13-. The Balaban J connectivity index is 3.16. The van der Waals surface area contributed by atoms with Crippen molar-refractivity contribution in [2.45, 2.75) is 136 Å². The van der Waals surface area contributed by atoms with Crippen LogP contribution in [0.3, 0.4) is 0 Å². The molecule has 0 aromatic rings. The van der Waals surface area contributed by atoms with Gasteiger partial charge in [-0.1, -0.05) is 103 Å². The van der Waals surface area contributed by atoms with Crippen LogP contribution >= 0.6 is 0 Å². The normalized spacial score (nSPS) is 11.3. The second kappa shape index (κ2) is 23.2. The van der Waals surface area contributed by atoms with Crippen molar-refractivity contribution in [3.05, 3.63) is 12.2 Å². The van der Waals surface area contributed by atoms with Gasteiger partial charge in [0.25, 0.3) is 0 Å². The van der Waals surface area contributed by atoms with Crippen LogP contribution in [0, 0.1) is 0 Å². The Labute approximate surface area is 171 Å². The van der Waals surface area contributed by atoms with E-state index in [0.29, 0.717) is 6.42 Å². The maximum Gasteiger partial charge on any atom is 0.219 e. The van der Waals surface area contributed by atoms with Crippen LogP contribution in [0.2, 0.25) is 0 Å². The highest BCUT2D eigenvalue weighted by Crippen LogP contribution is 2.10. The third-order valence-corrected chi connectivity index (χ3v) is 5.27. The van der Waals surface area contributed by atoms with Crippen LogP contribution in [-0.2, 0) is 4.79 Å². The third kappa shape index (κ3) is 23.2. The van der Waals surface area contributed by atoms with Crippen molar-refractivity contribution in [2.75, 3.05) is 6.54 Å². The molecule has 1 amide bonds. The van der Waals surface area contributed by atoms with Gasteiger partial charge < -0.3 is 5.32 Å². The second-order valence-corrected chi connectivity index (χ2v) is 8.10. The van der Waals surface area contributed by atoms with Crippen LogP contribution in [-0.4, -0.2) is 12.5 Å². The molecule has 0 rings (SSSR count). The number of nitrogens with one attached hydrogen (secondary N) is 1. The minimum Gasteiger partial charge on any atom is -0.356 e. The first-order valence-electron chi connectivity index (χ1n) is 12.2.